The number of aryl methyl sites for hydroxylation is 1. The van der Waals surface area contributed by atoms with E-state index in [1.54, 1.807) is 6.26 Å². The van der Waals surface area contributed by atoms with Crippen LogP contribution in [-0.2, 0) is 6.54 Å². The molecule has 2 N–H and O–H groups in total. The average molecular weight is 250 g/mol. The van der Waals surface area contributed by atoms with Gasteiger partial charge in [0, 0.05) is 12.1 Å². The van der Waals surface area contributed by atoms with E-state index in [-0.39, 0.29) is 0 Å². The molecule has 0 saturated carbocycles. The van der Waals surface area contributed by atoms with Gasteiger partial charge in [-0.2, -0.15) is 0 Å². The van der Waals surface area contributed by atoms with Crippen LogP contribution in [0.15, 0.2) is 16.7 Å². The van der Waals surface area contributed by atoms with Crippen LogP contribution in [0.2, 0.25) is 0 Å². The lowest BCUT2D eigenvalue weighted by Gasteiger charge is -2.21. The Morgan fingerprint density at radius 1 is 1.44 bits per heavy atom. The number of rotatable bonds is 5. The summed E-state index contributed by atoms with van der Waals surface area (Å²) in [6, 6.07) is 3.24. The second kappa shape index (κ2) is 6.95. The molecular weight excluding hydrogens is 224 g/mol. The quantitative estimate of drug-likeness (QED) is 0.843. The van der Waals surface area contributed by atoms with Crippen molar-refractivity contribution in [3.63, 3.8) is 0 Å². The maximum atomic E-state index is 5.45. The van der Waals surface area contributed by atoms with E-state index in [1.807, 2.05) is 6.07 Å². The van der Waals surface area contributed by atoms with Crippen molar-refractivity contribution in [1.29, 1.82) is 0 Å². The molecule has 0 bridgehead atoms. The highest BCUT2D eigenvalue weighted by Crippen LogP contribution is 2.13. The maximum Gasteiger partial charge on any atom is 0.120 e. The lowest BCUT2D eigenvalue weighted by Crippen LogP contribution is -2.36. The van der Waals surface area contributed by atoms with E-state index in [1.165, 1.54) is 44.2 Å². The van der Waals surface area contributed by atoms with Crippen LogP contribution in [0.25, 0.3) is 0 Å². The number of hydrogen-bond acceptors (Lipinski definition) is 3. The van der Waals surface area contributed by atoms with Crippen LogP contribution in [0.5, 0.6) is 0 Å². The molecule has 0 radical (unpaired) electrons. The molecule has 1 aliphatic rings. The molecule has 102 valence electrons. The van der Waals surface area contributed by atoms with Gasteiger partial charge in [-0.25, -0.2) is 0 Å². The average Bonchev–Trinajstić information content (AvgIpc) is 2.61. The second-order valence-corrected chi connectivity index (χ2v) is 5.54. The van der Waals surface area contributed by atoms with Crippen LogP contribution < -0.4 is 10.6 Å². The molecule has 1 saturated heterocycles. The molecular formula is C15H26N2O. The molecule has 0 aliphatic carbocycles. The van der Waals surface area contributed by atoms with Crippen LogP contribution in [0, 0.1) is 6.92 Å². The summed E-state index contributed by atoms with van der Waals surface area (Å²) in [5.41, 5.74) is 1.24. The molecule has 18 heavy (non-hydrogen) atoms. The van der Waals surface area contributed by atoms with E-state index in [0.29, 0.717) is 12.1 Å². The van der Waals surface area contributed by atoms with Gasteiger partial charge in [-0.1, -0.05) is 12.8 Å². The van der Waals surface area contributed by atoms with Crippen molar-refractivity contribution >= 4 is 0 Å². The van der Waals surface area contributed by atoms with Gasteiger partial charge in [-0.3, -0.25) is 0 Å². The molecule has 0 amide bonds. The molecule has 2 heterocycles. The Kier molecular flexibility index (Phi) is 5.26. The van der Waals surface area contributed by atoms with Gasteiger partial charge in [0.05, 0.1) is 12.8 Å². The summed E-state index contributed by atoms with van der Waals surface area (Å²) in [6.07, 6.45) is 8.40. The normalized spacial score (nSPS) is 22.7. The molecule has 1 aromatic heterocycles. The molecule has 0 spiro atoms. The predicted octanol–water partition coefficient (Wildman–Crippen LogP) is 2.99. The van der Waals surface area contributed by atoms with E-state index in [2.05, 4.69) is 24.5 Å². The van der Waals surface area contributed by atoms with Crippen molar-refractivity contribution in [1.82, 2.24) is 10.6 Å². The van der Waals surface area contributed by atoms with E-state index in [4.69, 9.17) is 4.42 Å². The molecule has 1 fully saturated rings. The fourth-order valence-corrected chi connectivity index (χ4v) is 2.66. The highest BCUT2D eigenvalue weighted by Gasteiger charge is 2.15. The zero-order valence-corrected chi connectivity index (χ0v) is 11.7. The maximum absolute atomic E-state index is 5.45. The van der Waals surface area contributed by atoms with Crippen LogP contribution in [-0.4, -0.2) is 18.6 Å². The van der Waals surface area contributed by atoms with Gasteiger partial charge in [-0.15, -0.1) is 0 Å². The van der Waals surface area contributed by atoms with Crippen LogP contribution >= 0.6 is 0 Å². The Labute approximate surface area is 110 Å². The van der Waals surface area contributed by atoms with E-state index >= 15 is 0 Å². The first-order chi connectivity index (χ1) is 8.75. The van der Waals surface area contributed by atoms with Gasteiger partial charge < -0.3 is 15.1 Å². The summed E-state index contributed by atoms with van der Waals surface area (Å²) >= 11 is 0. The summed E-state index contributed by atoms with van der Waals surface area (Å²) in [7, 11) is 0. The van der Waals surface area contributed by atoms with Gasteiger partial charge in [0.15, 0.2) is 0 Å². The van der Waals surface area contributed by atoms with Crippen molar-refractivity contribution in [2.75, 3.05) is 6.54 Å². The predicted molar refractivity (Wildman–Crippen MR) is 74.6 cm³/mol. The Balaban J connectivity index is 1.71. The first kappa shape index (κ1) is 13.6. The van der Waals surface area contributed by atoms with Crippen molar-refractivity contribution in [2.24, 2.45) is 0 Å². The SMILES string of the molecule is Cc1ccoc1CNC(C)CC1CCCCCN1. The lowest BCUT2D eigenvalue weighted by atomic mass is 10.0. The Morgan fingerprint density at radius 2 is 2.33 bits per heavy atom. The summed E-state index contributed by atoms with van der Waals surface area (Å²) in [4.78, 5) is 0. The minimum absolute atomic E-state index is 0.532. The van der Waals surface area contributed by atoms with E-state index < -0.39 is 0 Å². The van der Waals surface area contributed by atoms with Crippen molar-refractivity contribution in [3.05, 3.63) is 23.7 Å². The fourth-order valence-electron chi connectivity index (χ4n) is 2.66. The highest BCUT2D eigenvalue weighted by atomic mass is 16.3. The largest absolute Gasteiger partial charge is 0.468 e. The number of furan rings is 1. The van der Waals surface area contributed by atoms with Gasteiger partial charge in [0.25, 0.3) is 0 Å². The zero-order chi connectivity index (χ0) is 12.8. The lowest BCUT2D eigenvalue weighted by molar-refractivity contribution is 0.385. The smallest absolute Gasteiger partial charge is 0.120 e. The van der Waals surface area contributed by atoms with Crippen LogP contribution in [0.4, 0.5) is 0 Å². The summed E-state index contributed by atoms with van der Waals surface area (Å²) < 4.78 is 5.45. The Morgan fingerprint density at radius 3 is 3.11 bits per heavy atom. The molecule has 1 aliphatic heterocycles. The van der Waals surface area contributed by atoms with Gasteiger partial charge in [0.2, 0.25) is 0 Å². The second-order valence-electron chi connectivity index (χ2n) is 5.54. The van der Waals surface area contributed by atoms with Crippen LogP contribution in [0.1, 0.15) is 50.4 Å². The molecule has 1 aromatic rings. The molecule has 0 aromatic carbocycles. The standard InChI is InChI=1S/C15H26N2O/c1-12-7-9-18-15(12)11-17-13(2)10-14-6-4-3-5-8-16-14/h7,9,13-14,16-17H,3-6,8,10-11H2,1-2H3. The minimum Gasteiger partial charge on any atom is -0.468 e. The molecule has 3 nitrogen and oxygen atoms in total. The van der Waals surface area contributed by atoms with Crippen molar-refractivity contribution in [3.8, 4) is 0 Å². The third-order valence-electron chi connectivity index (χ3n) is 3.88. The highest BCUT2D eigenvalue weighted by molar-refractivity contribution is 5.14. The first-order valence-corrected chi connectivity index (χ1v) is 7.25. The fraction of sp³-hybridized carbons (Fsp3) is 0.733. The topological polar surface area (TPSA) is 37.2 Å². The summed E-state index contributed by atoms with van der Waals surface area (Å²) in [5.74, 6) is 1.07. The molecule has 2 unspecified atom stereocenters. The van der Waals surface area contributed by atoms with Gasteiger partial charge >= 0.3 is 0 Å². The van der Waals surface area contributed by atoms with Crippen LogP contribution in [0.3, 0.4) is 0 Å². The third kappa shape index (κ3) is 4.14. The van der Waals surface area contributed by atoms with Gasteiger partial charge in [0.1, 0.15) is 5.76 Å². The summed E-state index contributed by atoms with van der Waals surface area (Å²) in [5, 5.41) is 7.21. The third-order valence-corrected chi connectivity index (χ3v) is 3.88. The van der Waals surface area contributed by atoms with E-state index in [9.17, 15) is 0 Å². The number of hydrogen-bond donors (Lipinski definition) is 2. The van der Waals surface area contributed by atoms with Crippen molar-refractivity contribution < 1.29 is 4.42 Å². The zero-order valence-electron chi connectivity index (χ0n) is 11.7. The monoisotopic (exact) mass is 250 g/mol. The van der Waals surface area contributed by atoms with Gasteiger partial charge in [-0.05, 0) is 51.3 Å². The Bertz CT molecular complexity index is 340. The Hall–Kier alpha value is -0.800. The van der Waals surface area contributed by atoms with Crippen molar-refractivity contribution in [2.45, 2.75) is 64.6 Å². The minimum atomic E-state index is 0.532. The first-order valence-electron chi connectivity index (χ1n) is 7.25. The molecule has 2 rings (SSSR count). The van der Waals surface area contributed by atoms with E-state index in [0.717, 1.165) is 12.3 Å². The molecule has 3 heteroatoms. The summed E-state index contributed by atoms with van der Waals surface area (Å²) in [6.45, 7) is 6.39. The number of nitrogens with one attached hydrogen (secondary N) is 2. The molecule has 2 atom stereocenters.